The summed E-state index contributed by atoms with van der Waals surface area (Å²) in [5.41, 5.74) is 2.25. The van der Waals surface area contributed by atoms with E-state index in [9.17, 15) is 0 Å². The molecule has 2 heterocycles. The topological polar surface area (TPSA) is 59.9 Å². The van der Waals surface area contributed by atoms with Gasteiger partial charge in [-0.3, -0.25) is 4.98 Å². The van der Waals surface area contributed by atoms with Gasteiger partial charge in [-0.1, -0.05) is 36.4 Å². The van der Waals surface area contributed by atoms with Crippen LogP contribution in [0.15, 0.2) is 42.6 Å². The van der Waals surface area contributed by atoms with Crippen molar-refractivity contribution in [2.24, 2.45) is 0 Å². The number of anilines is 1. The largest absolute Gasteiger partial charge is 0.467 e. The average Bonchev–Trinajstić information content (AvgIpc) is 2.67. The van der Waals surface area contributed by atoms with E-state index in [2.05, 4.69) is 20.3 Å². The van der Waals surface area contributed by atoms with Crippen LogP contribution in [0.25, 0.3) is 32.9 Å². The van der Waals surface area contributed by atoms with Gasteiger partial charge in [0.05, 0.1) is 12.5 Å². The number of benzene rings is 2. The number of halogens is 1. The molecule has 1 N–H and O–H groups in total. The summed E-state index contributed by atoms with van der Waals surface area (Å²) in [5, 5.41) is 5.46. The summed E-state index contributed by atoms with van der Waals surface area (Å²) in [7, 11) is 3.16. The van der Waals surface area contributed by atoms with Gasteiger partial charge in [0.1, 0.15) is 17.0 Å². The Kier molecular flexibility index (Phi) is 3.88. The Labute approximate surface area is 149 Å². The van der Waals surface area contributed by atoms with Gasteiger partial charge in [-0.15, -0.1) is 0 Å². The number of methoxy groups -OCH3 is 1. The highest BCUT2D eigenvalue weighted by atomic mass is 19.1. The molecule has 0 aliphatic rings. The number of hydrogen-bond acceptors (Lipinski definition) is 5. The molecule has 0 aliphatic carbocycles. The molecule has 0 radical (unpaired) electrons. The lowest BCUT2D eigenvalue weighted by Crippen LogP contribution is -2.02. The van der Waals surface area contributed by atoms with E-state index in [-0.39, 0.29) is 17.2 Å². The van der Waals surface area contributed by atoms with Gasteiger partial charge in [0.15, 0.2) is 5.82 Å². The molecule has 4 aromatic rings. The summed E-state index contributed by atoms with van der Waals surface area (Å²) in [6, 6.07) is 11.9. The van der Waals surface area contributed by atoms with Crippen LogP contribution in [-0.2, 0) is 0 Å². The van der Waals surface area contributed by atoms with E-state index in [1.807, 2.05) is 43.3 Å². The number of pyridine rings is 1. The molecule has 0 aliphatic heterocycles. The number of ether oxygens (including phenoxy) is 1. The van der Waals surface area contributed by atoms with E-state index < -0.39 is 5.82 Å². The molecule has 0 amide bonds. The zero-order valence-corrected chi connectivity index (χ0v) is 14.7. The second-order valence-corrected chi connectivity index (χ2v) is 5.97. The van der Waals surface area contributed by atoms with Crippen LogP contribution in [-0.4, -0.2) is 29.1 Å². The third kappa shape index (κ3) is 2.42. The van der Waals surface area contributed by atoms with Crippen LogP contribution >= 0.6 is 0 Å². The van der Waals surface area contributed by atoms with Crippen molar-refractivity contribution >= 4 is 27.5 Å². The number of hydrogen-bond donors (Lipinski definition) is 1. The Morgan fingerprint density at radius 2 is 1.85 bits per heavy atom. The quantitative estimate of drug-likeness (QED) is 0.597. The van der Waals surface area contributed by atoms with Crippen molar-refractivity contribution < 1.29 is 9.13 Å². The number of fused-ring (bicyclic) bond motifs is 2. The number of aromatic nitrogens is 3. The van der Waals surface area contributed by atoms with E-state index >= 15 is 4.39 Å². The Morgan fingerprint density at radius 3 is 2.58 bits per heavy atom. The van der Waals surface area contributed by atoms with Crippen molar-refractivity contribution in [3.05, 3.63) is 54.0 Å². The Morgan fingerprint density at radius 1 is 1.08 bits per heavy atom. The summed E-state index contributed by atoms with van der Waals surface area (Å²) < 4.78 is 20.5. The van der Waals surface area contributed by atoms with Crippen LogP contribution < -0.4 is 10.1 Å². The third-order valence-corrected chi connectivity index (χ3v) is 4.45. The highest BCUT2D eigenvalue weighted by Gasteiger charge is 2.18. The van der Waals surface area contributed by atoms with Gasteiger partial charge in [0.25, 0.3) is 0 Å². The molecule has 0 fully saturated rings. The smallest absolute Gasteiger partial charge is 0.318 e. The van der Waals surface area contributed by atoms with E-state index in [1.54, 1.807) is 13.2 Å². The number of rotatable bonds is 3. The van der Waals surface area contributed by atoms with Crippen molar-refractivity contribution in [1.82, 2.24) is 15.0 Å². The fourth-order valence-corrected chi connectivity index (χ4v) is 3.23. The van der Waals surface area contributed by atoms with Gasteiger partial charge < -0.3 is 10.1 Å². The molecular weight excluding hydrogens is 331 g/mol. The lowest BCUT2D eigenvalue weighted by atomic mass is 9.97. The zero-order chi connectivity index (χ0) is 18.3. The highest BCUT2D eigenvalue weighted by molar-refractivity contribution is 6.00. The minimum atomic E-state index is -0.490. The molecule has 0 atom stereocenters. The van der Waals surface area contributed by atoms with Gasteiger partial charge in [-0.25, -0.2) is 4.39 Å². The number of nitrogens with zero attached hydrogens (tertiary/aromatic N) is 3. The van der Waals surface area contributed by atoms with E-state index in [1.165, 1.54) is 7.11 Å². The maximum absolute atomic E-state index is 15.4. The maximum Gasteiger partial charge on any atom is 0.318 e. The van der Waals surface area contributed by atoms with Gasteiger partial charge >= 0.3 is 6.01 Å². The van der Waals surface area contributed by atoms with Crippen LogP contribution in [0.3, 0.4) is 0 Å². The first-order valence-electron chi connectivity index (χ1n) is 8.20. The molecule has 26 heavy (non-hydrogen) atoms. The monoisotopic (exact) mass is 348 g/mol. The second kappa shape index (κ2) is 6.22. The van der Waals surface area contributed by atoms with Gasteiger partial charge in [-0.2, -0.15) is 9.97 Å². The molecule has 4 rings (SSSR count). The van der Waals surface area contributed by atoms with Crippen molar-refractivity contribution in [2.45, 2.75) is 6.92 Å². The second-order valence-electron chi connectivity index (χ2n) is 5.97. The fourth-order valence-electron chi connectivity index (χ4n) is 3.23. The molecule has 0 spiro atoms. The van der Waals surface area contributed by atoms with Crippen molar-refractivity contribution in [2.75, 3.05) is 19.5 Å². The molecule has 6 heteroatoms. The standard InChI is InChI=1S/C20H17FN4O/c1-11-6-4-7-12-8-5-9-13(15(11)12)17-16(21)18-14(10-23-17)19(22-2)25-20(24-18)26-3/h4-10H,1-3H3,(H,22,24,25). The van der Waals surface area contributed by atoms with Crippen molar-refractivity contribution in [3.63, 3.8) is 0 Å². The SMILES string of the molecule is CNc1nc(OC)nc2c(F)c(-c3cccc4cccc(C)c34)ncc12. The van der Waals surface area contributed by atoms with Crippen LogP contribution in [0.5, 0.6) is 6.01 Å². The Hall–Kier alpha value is -3.28. The maximum atomic E-state index is 15.4. The van der Waals surface area contributed by atoms with E-state index in [4.69, 9.17) is 4.74 Å². The number of aryl methyl sites for hydroxylation is 1. The van der Waals surface area contributed by atoms with Crippen LogP contribution in [0.1, 0.15) is 5.56 Å². The molecular formula is C20H17FN4O. The lowest BCUT2D eigenvalue weighted by molar-refractivity contribution is 0.382. The molecule has 0 unspecified atom stereocenters. The lowest BCUT2D eigenvalue weighted by Gasteiger charge is -2.12. The molecule has 2 aromatic heterocycles. The van der Waals surface area contributed by atoms with E-state index in [0.717, 1.165) is 21.9 Å². The summed E-state index contributed by atoms with van der Waals surface area (Å²) in [6.07, 6.45) is 1.59. The van der Waals surface area contributed by atoms with Gasteiger partial charge in [-0.05, 0) is 23.3 Å². The van der Waals surface area contributed by atoms with E-state index in [0.29, 0.717) is 11.2 Å². The van der Waals surface area contributed by atoms with Gasteiger partial charge in [0, 0.05) is 18.8 Å². The molecule has 0 bridgehead atoms. The average molecular weight is 348 g/mol. The minimum absolute atomic E-state index is 0.104. The zero-order valence-electron chi connectivity index (χ0n) is 14.7. The van der Waals surface area contributed by atoms with Gasteiger partial charge in [0.2, 0.25) is 0 Å². The normalized spacial score (nSPS) is 11.1. The summed E-state index contributed by atoms with van der Waals surface area (Å²) >= 11 is 0. The first-order chi connectivity index (χ1) is 12.6. The fraction of sp³-hybridized carbons (Fsp3) is 0.150. The van der Waals surface area contributed by atoms with Crippen LogP contribution in [0, 0.1) is 12.7 Å². The first kappa shape index (κ1) is 16.2. The third-order valence-electron chi connectivity index (χ3n) is 4.45. The molecule has 0 saturated carbocycles. The molecule has 5 nitrogen and oxygen atoms in total. The van der Waals surface area contributed by atoms with Crippen molar-refractivity contribution in [3.8, 4) is 17.3 Å². The Bertz CT molecular complexity index is 1140. The summed E-state index contributed by atoms with van der Waals surface area (Å²) in [4.78, 5) is 12.8. The minimum Gasteiger partial charge on any atom is -0.467 e. The highest BCUT2D eigenvalue weighted by Crippen LogP contribution is 2.34. The summed E-state index contributed by atoms with van der Waals surface area (Å²) in [6.45, 7) is 2.01. The molecule has 2 aromatic carbocycles. The van der Waals surface area contributed by atoms with Crippen LogP contribution in [0.2, 0.25) is 0 Å². The molecule has 130 valence electrons. The predicted molar refractivity (Wildman–Crippen MR) is 101 cm³/mol. The number of nitrogens with one attached hydrogen (secondary N) is 1. The predicted octanol–water partition coefficient (Wildman–Crippen LogP) is 4.34. The van der Waals surface area contributed by atoms with Crippen molar-refractivity contribution in [1.29, 1.82) is 0 Å². The molecule has 0 saturated heterocycles. The van der Waals surface area contributed by atoms with Crippen LogP contribution in [0.4, 0.5) is 10.2 Å². The summed E-state index contributed by atoms with van der Waals surface area (Å²) in [5.74, 6) is -0.0191. The first-order valence-corrected chi connectivity index (χ1v) is 8.20. The Balaban J connectivity index is 2.07.